The number of imidazole rings is 1. The molecule has 0 aliphatic rings. The predicted molar refractivity (Wildman–Crippen MR) is 63.7 cm³/mol. The maximum Gasteiger partial charge on any atom is 0.242 e. The number of hydrogen-bond donors (Lipinski definition) is 2. The Bertz CT molecular complexity index is 708. The van der Waals surface area contributed by atoms with Crippen LogP contribution in [-0.4, -0.2) is 37.0 Å². The van der Waals surface area contributed by atoms with Crippen LogP contribution in [0.5, 0.6) is 5.88 Å². The van der Waals surface area contributed by atoms with Gasteiger partial charge >= 0.3 is 0 Å². The molecule has 3 aromatic heterocycles. The number of nitrogens with zero attached hydrogens (tertiary/aromatic N) is 5. The van der Waals surface area contributed by atoms with Crippen LogP contribution < -0.4 is 10.5 Å². The zero-order valence-corrected chi connectivity index (χ0v) is 9.45. The number of anilines is 1. The molecule has 3 rings (SSSR count). The van der Waals surface area contributed by atoms with E-state index in [4.69, 9.17) is 10.5 Å². The summed E-state index contributed by atoms with van der Waals surface area (Å²) in [5.74, 6) is 0.490. The summed E-state index contributed by atoms with van der Waals surface area (Å²) in [5, 5.41) is 0. The Kier molecular flexibility index (Phi) is 2.26. The van der Waals surface area contributed by atoms with Gasteiger partial charge in [0.05, 0.1) is 13.4 Å². The molecule has 0 aliphatic heterocycles. The summed E-state index contributed by atoms with van der Waals surface area (Å²) in [5.41, 5.74) is 7.77. The largest absolute Gasteiger partial charge is 0.479 e. The van der Waals surface area contributed by atoms with Crippen molar-refractivity contribution in [3.8, 4) is 17.3 Å². The first-order chi connectivity index (χ1) is 8.79. The summed E-state index contributed by atoms with van der Waals surface area (Å²) in [6, 6.07) is 0. The molecule has 0 unspecified atom stereocenters. The van der Waals surface area contributed by atoms with Gasteiger partial charge in [0, 0.05) is 12.4 Å². The third kappa shape index (κ3) is 1.51. The van der Waals surface area contributed by atoms with Crippen molar-refractivity contribution in [1.82, 2.24) is 29.9 Å². The number of H-pyrrole nitrogens is 1. The summed E-state index contributed by atoms with van der Waals surface area (Å²) < 4.78 is 5.16. The van der Waals surface area contributed by atoms with Gasteiger partial charge in [-0.05, 0) is 0 Å². The number of nitrogens with one attached hydrogen (secondary N) is 1. The molecule has 0 radical (unpaired) electrons. The molecular formula is C10H9N7O. The van der Waals surface area contributed by atoms with Gasteiger partial charge < -0.3 is 15.5 Å². The molecule has 90 valence electrons. The molecule has 0 fully saturated rings. The van der Waals surface area contributed by atoms with Crippen LogP contribution in [0, 0.1) is 0 Å². The first-order valence-corrected chi connectivity index (χ1v) is 5.11. The maximum absolute atomic E-state index is 5.65. The molecule has 0 saturated carbocycles. The van der Waals surface area contributed by atoms with Crippen molar-refractivity contribution in [3.05, 3.63) is 18.7 Å². The molecule has 8 heteroatoms. The summed E-state index contributed by atoms with van der Waals surface area (Å²) in [6.45, 7) is 0. The van der Waals surface area contributed by atoms with Gasteiger partial charge in [-0.3, -0.25) is 0 Å². The van der Waals surface area contributed by atoms with Crippen LogP contribution in [0.1, 0.15) is 0 Å². The highest BCUT2D eigenvalue weighted by Gasteiger charge is 2.16. The summed E-state index contributed by atoms with van der Waals surface area (Å²) in [4.78, 5) is 23.5. The number of aromatic nitrogens is 6. The van der Waals surface area contributed by atoms with Gasteiger partial charge in [0.1, 0.15) is 11.2 Å². The number of hydrogen-bond acceptors (Lipinski definition) is 7. The van der Waals surface area contributed by atoms with Crippen LogP contribution in [0.25, 0.3) is 22.6 Å². The summed E-state index contributed by atoms with van der Waals surface area (Å²) in [7, 11) is 1.52. The van der Waals surface area contributed by atoms with E-state index < -0.39 is 0 Å². The minimum absolute atomic E-state index is 0.123. The lowest BCUT2D eigenvalue weighted by atomic mass is 10.2. The monoisotopic (exact) mass is 243 g/mol. The number of methoxy groups -OCH3 is 1. The highest BCUT2D eigenvalue weighted by molar-refractivity contribution is 5.87. The Labute approximate surface area is 101 Å². The molecule has 3 N–H and O–H groups in total. The van der Waals surface area contributed by atoms with E-state index in [1.807, 2.05) is 0 Å². The first-order valence-electron chi connectivity index (χ1n) is 5.11. The second kappa shape index (κ2) is 3.91. The van der Waals surface area contributed by atoms with E-state index in [1.165, 1.54) is 19.6 Å². The van der Waals surface area contributed by atoms with Crippen LogP contribution in [0.3, 0.4) is 0 Å². The molecular weight excluding hydrogens is 234 g/mol. The lowest BCUT2D eigenvalue weighted by Crippen LogP contribution is -2.01. The van der Waals surface area contributed by atoms with Crippen molar-refractivity contribution >= 4 is 17.1 Å². The average molecular weight is 243 g/mol. The number of nitrogen functional groups attached to an aromatic ring is 1. The van der Waals surface area contributed by atoms with Crippen molar-refractivity contribution in [2.24, 2.45) is 0 Å². The molecule has 18 heavy (non-hydrogen) atoms. The van der Waals surface area contributed by atoms with E-state index in [2.05, 4.69) is 29.9 Å². The number of rotatable bonds is 2. The third-order valence-corrected chi connectivity index (χ3v) is 2.39. The Morgan fingerprint density at radius 2 is 1.94 bits per heavy atom. The summed E-state index contributed by atoms with van der Waals surface area (Å²) >= 11 is 0. The highest BCUT2D eigenvalue weighted by Crippen LogP contribution is 2.28. The SMILES string of the molecule is COc1nccnc1-c1nc(N)nc2nc[nH]c12. The van der Waals surface area contributed by atoms with Crippen molar-refractivity contribution in [3.63, 3.8) is 0 Å². The third-order valence-electron chi connectivity index (χ3n) is 2.39. The fourth-order valence-corrected chi connectivity index (χ4v) is 1.66. The predicted octanol–water partition coefficient (Wildman–Crippen LogP) is 0.401. The number of aromatic amines is 1. The molecule has 0 aliphatic carbocycles. The Hall–Kier alpha value is -2.77. The molecule has 0 amide bonds. The number of nitrogens with two attached hydrogens (primary N) is 1. The van der Waals surface area contributed by atoms with Crippen molar-refractivity contribution in [2.75, 3.05) is 12.8 Å². The first kappa shape index (κ1) is 10.4. The van der Waals surface area contributed by atoms with E-state index in [-0.39, 0.29) is 5.95 Å². The molecule has 0 spiro atoms. The standard InChI is InChI=1S/C10H9N7O/c1-18-9-7(12-2-3-13-9)5-6-8(15-4-14-6)17-10(11)16-5/h2-4H,1H3,(H3,11,14,15,16,17). The quantitative estimate of drug-likeness (QED) is 0.669. The second-order valence-corrected chi connectivity index (χ2v) is 3.45. The van der Waals surface area contributed by atoms with Gasteiger partial charge in [0.25, 0.3) is 0 Å². The van der Waals surface area contributed by atoms with Gasteiger partial charge in [-0.2, -0.15) is 4.98 Å². The Morgan fingerprint density at radius 1 is 1.11 bits per heavy atom. The van der Waals surface area contributed by atoms with Gasteiger partial charge in [-0.1, -0.05) is 0 Å². The minimum Gasteiger partial charge on any atom is -0.479 e. The molecule has 0 aromatic carbocycles. The Balaban J connectivity index is 2.34. The van der Waals surface area contributed by atoms with Crippen LogP contribution in [0.2, 0.25) is 0 Å². The number of ether oxygens (including phenoxy) is 1. The van der Waals surface area contributed by atoms with Gasteiger partial charge in [-0.25, -0.2) is 19.9 Å². The van der Waals surface area contributed by atoms with Crippen LogP contribution in [-0.2, 0) is 0 Å². The molecule has 8 nitrogen and oxygen atoms in total. The fraction of sp³-hybridized carbons (Fsp3) is 0.100. The zero-order chi connectivity index (χ0) is 12.5. The Morgan fingerprint density at radius 3 is 2.78 bits per heavy atom. The van der Waals surface area contributed by atoms with Gasteiger partial charge in [0.2, 0.25) is 11.8 Å². The second-order valence-electron chi connectivity index (χ2n) is 3.45. The molecule has 3 aromatic rings. The van der Waals surface area contributed by atoms with Crippen molar-refractivity contribution in [2.45, 2.75) is 0 Å². The van der Waals surface area contributed by atoms with E-state index >= 15 is 0 Å². The van der Waals surface area contributed by atoms with Gasteiger partial charge in [-0.15, -0.1) is 0 Å². The summed E-state index contributed by atoms with van der Waals surface area (Å²) in [6.07, 6.45) is 4.61. The normalized spacial score (nSPS) is 10.7. The average Bonchev–Trinajstić information content (AvgIpc) is 2.85. The fourth-order valence-electron chi connectivity index (χ4n) is 1.66. The maximum atomic E-state index is 5.65. The zero-order valence-electron chi connectivity index (χ0n) is 9.45. The lowest BCUT2D eigenvalue weighted by Gasteiger charge is -2.06. The highest BCUT2D eigenvalue weighted by atomic mass is 16.5. The lowest BCUT2D eigenvalue weighted by molar-refractivity contribution is 0.397. The molecule has 0 saturated heterocycles. The van der Waals surface area contributed by atoms with E-state index in [1.54, 1.807) is 6.20 Å². The van der Waals surface area contributed by atoms with Crippen LogP contribution in [0.15, 0.2) is 18.7 Å². The van der Waals surface area contributed by atoms with E-state index in [0.29, 0.717) is 28.4 Å². The topological polar surface area (TPSA) is 115 Å². The molecule has 3 heterocycles. The van der Waals surface area contributed by atoms with E-state index in [0.717, 1.165) is 0 Å². The van der Waals surface area contributed by atoms with Crippen LogP contribution >= 0.6 is 0 Å². The van der Waals surface area contributed by atoms with Gasteiger partial charge in [0.15, 0.2) is 11.3 Å². The van der Waals surface area contributed by atoms with Crippen molar-refractivity contribution in [1.29, 1.82) is 0 Å². The van der Waals surface area contributed by atoms with Crippen LogP contribution in [0.4, 0.5) is 5.95 Å². The van der Waals surface area contributed by atoms with Crippen molar-refractivity contribution < 1.29 is 4.74 Å². The minimum atomic E-state index is 0.123. The number of fused-ring (bicyclic) bond motifs is 1. The van der Waals surface area contributed by atoms with E-state index in [9.17, 15) is 0 Å². The smallest absolute Gasteiger partial charge is 0.242 e. The molecule has 0 atom stereocenters. The molecule has 0 bridgehead atoms.